The minimum absolute atomic E-state index is 0.107. The maximum atomic E-state index is 10.9. The Balaban J connectivity index is 2.37. The Morgan fingerprint density at radius 3 is 2.84 bits per heavy atom. The highest BCUT2D eigenvalue weighted by molar-refractivity contribution is 5.88. The van der Waals surface area contributed by atoms with Gasteiger partial charge in [0, 0.05) is 6.42 Å². The standard InChI is InChI=1S/C15H19NO3/c1-3-13-11(9-15(17)18)5-4-10-8-12(16-19-2)6-7-14(10)13/h4-5H,3,6-9H2,1-2H3,(H,17,18). The molecule has 0 spiro atoms. The van der Waals surface area contributed by atoms with Gasteiger partial charge in [-0.15, -0.1) is 0 Å². The lowest BCUT2D eigenvalue weighted by molar-refractivity contribution is -0.136. The second-order valence-electron chi connectivity index (χ2n) is 4.78. The lowest BCUT2D eigenvalue weighted by atomic mass is 9.83. The highest BCUT2D eigenvalue weighted by Gasteiger charge is 2.19. The number of carboxylic acid groups (broad SMARTS) is 1. The number of aliphatic carboxylic acids is 1. The predicted molar refractivity (Wildman–Crippen MR) is 73.6 cm³/mol. The van der Waals surface area contributed by atoms with Gasteiger partial charge >= 0.3 is 5.97 Å². The molecule has 0 unspecified atom stereocenters. The molecule has 102 valence electrons. The van der Waals surface area contributed by atoms with Gasteiger partial charge in [-0.3, -0.25) is 4.79 Å². The zero-order valence-corrected chi connectivity index (χ0v) is 11.4. The number of hydrogen-bond donors (Lipinski definition) is 1. The Kier molecular flexibility index (Phi) is 4.20. The number of fused-ring (bicyclic) bond motifs is 1. The average Bonchev–Trinajstić information content (AvgIpc) is 2.38. The van der Waals surface area contributed by atoms with E-state index < -0.39 is 5.97 Å². The van der Waals surface area contributed by atoms with Crippen LogP contribution in [0.5, 0.6) is 0 Å². The molecule has 0 saturated heterocycles. The fourth-order valence-corrected chi connectivity index (χ4v) is 2.82. The number of nitrogens with zero attached hydrogens (tertiary/aromatic N) is 1. The number of carboxylic acids is 1. The number of carbonyl (C=O) groups is 1. The molecule has 0 radical (unpaired) electrons. The Morgan fingerprint density at radius 1 is 1.42 bits per heavy atom. The molecule has 1 aliphatic rings. The molecule has 0 amide bonds. The second kappa shape index (κ2) is 5.87. The van der Waals surface area contributed by atoms with Gasteiger partial charge in [-0.1, -0.05) is 24.2 Å². The van der Waals surface area contributed by atoms with E-state index in [1.54, 1.807) is 7.11 Å². The molecule has 1 aromatic rings. The number of hydrogen-bond acceptors (Lipinski definition) is 3. The third-order valence-corrected chi connectivity index (χ3v) is 3.60. The van der Waals surface area contributed by atoms with Gasteiger partial charge in [0.05, 0.1) is 12.1 Å². The molecule has 4 nitrogen and oxygen atoms in total. The largest absolute Gasteiger partial charge is 0.481 e. The molecule has 0 atom stereocenters. The Bertz CT molecular complexity index is 520. The summed E-state index contributed by atoms with van der Waals surface area (Å²) in [6.45, 7) is 2.08. The highest BCUT2D eigenvalue weighted by Crippen LogP contribution is 2.27. The quantitative estimate of drug-likeness (QED) is 0.846. The molecule has 1 aliphatic carbocycles. The fourth-order valence-electron chi connectivity index (χ4n) is 2.82. The van der Waals surface area contributed by atoms with E-state index in [0.29, 0.717) is 0 Å². The van der Waals surface area contributed by atoms with E-state index in [0.717, 1.165) is 37.0 Å². The average molecular weight is 261 g/mol. The van der Waals surface area contributed by atoms with Crippen LogP contribution in [0, 0.1) is 0 Å². The molecule has 4 heteroatoms. The molecule has 0 saturated carbocycles. The van der Waals surface area contributed by atoms with Crippen LogP contribution in [0.2, 0.25) is 0 Å². The molecule has 0 aliphatic heterocycles. The maximum Gasteiger partial charge on any atom is 0.307 e. The Labute approximate surface area is 113 Å². The fraction of sp³-hybridized carbons (Fsp3) is 0.467. The minimum Gasteiger partial charge on any atom is -0.481 e. The van der Waals surface area contributed by atoms with Crippen molar-refractivity contribution in [2.75, 3.05) is 7.11 Å². The number of benzene rings is 1. The topological polar surface area (TPSA) is 58.9 Å². The first-order chi connectivity index (χ1) is 9.15. The van der Waals surface area contributed by atoms with E-state index in [-0.39, 0.29) is 6.42 Å². The van der Waals surface area contributed by atoms with Crippen LogP contribution in [0.1, 0.15) is 35.6 Å². The summed E-state index contributed by atoms with van der Waals surface area (Å²) in [5.41, 5.74) is 5.78. The normalized spacial score (nSPS) is 16.2. The zero-order valence-electron chi connectivity index (χ0n) is 11.4. The van der Waals surface area contributed by atoms with Crippen molar-refractivity contribution < 1.29 is 14.7 Å². The van der Waals surface area contributed by atoms with Crippen LogP contribution in [0.3, 0.4) is 0 Å². The summed E-state index contributed by atoms with van der Waals surface area (Å²) in [5, 5.41) is 13.0. The summed E-state index contributed by atoms with van der Waals surface area (Å²) < 4.78 is 0. The summed E-state index contributed by atoms with van der Waals surface area (Å²) in [4.78, 5) is 15.7. The molecule has 0 bridgehead atoms. The van der Waals surface area contributed by atoms with Gasteiger partial charge < -0.3 is 9.94 Å². The molecular formula is C15H19NO3. The first kappa shape index (κ1) is 13.6. The van der Waals surface area contributed by atoms with Crippen LogP contribution in [0.4, 0.5) is 0 Å². The van der Waals surface area contributed by atoms with Crippen LogP contribution in [-0.2, 0) is 35.3 Å². The van der Waals surface area contributed by atoms with E-state index in [9.17, 15) is 4.79 Å². The molecular weight excluding hydrogens is 242 g/mol. The smallest absolute Gasteiger partial charge is 0.307 e. The molecule has 0 heterocycles. The minimum atomic E-state index is -0.771. The van der Waals surface area contributed by atoms with Crippen molar-refractivity contribution in [1.82, 2.24) is 0 Å². The zero-order chi connectivity index (χ0) is 13.8. The lowest BCUT2D eigenvalue weighted by Crippen LogP contribution is -2.17. The monoisotopic (exact) mass is 261 g/mol. The summed E-state index contributed by atoms with van der Waals surface area (Å²) in [6, 6.07) is 3.98. The van der Waals surface area contributed by atoms with Crippen molar-refractivity contribution in [1.29, 1.82) is 0 Å². The summed E-state index contributed by atoms with van der Waals surface area (Å²) in [7, 11) is 1.57. The Hall–Kier alpha value is -1.84. The van der Waals surface area contributed by atoms with Crippen molar-refractivity contribution in [2.24, 2.45) is 5.16 Å². The molecule has 1 aromatic carbocycles. The molecule has 19 heavy (non-hydrogen) atoms. The SMILES string of the molecule is CCc1c(CC(=O)O)ccc2c1CCC(=NOC)C2. The van der Waals surface area contributed by atoms with Crippen molar-refractivity contribution >= 4 is 11.7 Å². The van der Waals surface area contributed by atoms with E-state index in [4.69, 9.17) is 9.94 Å². The van der Waals surface area contributed by atoms with Crippen LogP contribution in [0.25, 0.3) is 0 Å². The summed E-state index contributed by atoms with van der Waals surface area (Å²) in [5.74, 6) is -0.771. The van der Waals surface area contributed by atoms with Gasteiger partial charge in [-0.05, 0) is 41.5 Å². The lowest BCUT2D eigenvalue weighted by Gasteiger charge is -2.22. The van der Waals surface area contributed by atoms with Gasteiger partial charge in [0.15, 0.2) is 0 Å². The predicted octanol–water partition coefficient (Wildman–Crippen LogP) is 2.37. The van der Waals surface area contributed by atoms with Crippen LogP contribution >= 0.6 is 0 Å². The summed E-state index contributed by atoms with van der Waals surface area (Å²) in [6.07, 6.45) is 3.61. The van der Waals surface area contributed by atoms with E-state index >= 15 is 0 Å². The van der Waals surface area contributed by atoms with Crippen molar-refractivity contribution in [3.63, 3.8) is 0 Å². The molecule has 0 fully saturated rings. The first-order valence-electron chi connectivity index (χ1n) is 6.58. The van der Waals surface area contributed by atoms with Gasteiger partial charge in [-0.2, -0.15) is 0 Å². The molecule has 2 rings (SSSR count). The maximum absolute atomic E-state index is 10.9. The van der Waals surface area contributed by atoms with E-state index in [1.807, 2.05) is 12.1 Å². The van der Waals surface area contributed by atoms with Crippen LogP contribution in [-0.4, -0.2) is 23.9 Å². The first-order valence-corrected chi connectivity index (χ1v) is 6.58. The van der Waals surface area contributed by atoms with E-state index in [2.05, 4.69) is 12.1 Å². The Morgan fingerprint density at radius 2 is 2.21 bits per heavy atom. The summed E-state index contributed by atoms with van der Waals surface area (Å²) >= 11 is 0. The molecule has 1 N–H and O–H groups in total. The van der Waals surface area contributed by atoms with Gasteiger partial charge in [0.2, 0.25) is 0 Å². The van der Waals surface area contributed by atoms with Gasteiger partial charge in [-0.25, -0.2) is 0 Å². The van der Waals surface area contributed by atoms with Gasteiger partial charge in [0.1, 0.15) is 7.11 Å². The third kappa shape index (κ3) is 2.95. The highest BCUT2D eigenvalue weighted by atomic mass is 16.6. The second-order valence-corrected chi connectivity index (χ2v) is 4.78. The third-order valence-electron chi connectivity index (χ3n) is 3.60. The van der Waals surface area contributed by atoms with Crippen LogP contribution < -0.4 is 0 Å². The van der Waals surface area contributed by atoms with Gasteiger partial charge in [0.25, 0.3) is 0 Å². The molecule has 0 aromatic heterocycles. The van der Waals surface area contributed by atoms with Crippen molar-refractivity contribution in [2.45, 2.75) is 39.0 Å². The van der Waals surface area contributed by atoms with Crippen molar-refractivity contribution in [3.05, 3.63) is 34.4 Å². The van der Waals surface area contributed by atoms with E-state index in [1.165, 1.54) is 16.7 Å². The number of oxime groups is 1. The number of rotatable bonds is 4. The van der Waals surface area contributed by atoms with Crippen molar-refractivity contribution in [3.8, 4) is 0 Å². The van der Waals surface area contributed by atoms with Crippen LogP contribution in [0.15, 0.2) is 17.3 Å².